The van der Waals surface area contributed by atoms with Gasteiger partial charge in [-0.3, -0.25) is 4.68 Å². The Balaban J connectivity index is 1.80. The van der Waals surface area contributed by atoms with E-state index in [1.54, 1.807) is 0 Å². The smallest absolute Gasteiger partial charge is 0.101 e. The van der Waals surface area contributed by atoms with Crippen LogP contribution in [0.5, 0.6) is 0 Å². The van der Waals surface area contributed by atoms with Crippen LogP contribution >= 0.6 is 0 Å². The fourth-order valence-electron chi connectivity index (χ4n) is 2.51. The van der Waals surface area contributed by atoms with Gasteiger partial charge in [0, 0.05) is 24.8 Å². The minimum Gasteiger partial charge on any atom is -0.302 e. The minimum atomic E-state index is 0.553. The van der Waals surface area contributed by atoms with E-state index in [0.717, 1.165) is 19.0 Å². The van der Waals surface area contributed by atoms with Gasteiger partial charge in [0.15, 0.2) is 0 Å². The van der Waals surface area contributed by atoms with Crippen molar-refractivity contribution in [3.8, 4) is 12.3 Å². The Labute approximate surface area is 109 Å². The Morgan fingerprint density at radius 1 is 1.56 bits per heavy atom. The van der Waals surface area contributed by atoms with E-state index in [2.05, 4.69) is 35.1 Å². The Morgan fingerprint density at radius 3 is 3.17 bits per heavy atom. The molecule has 96 valence electrons. The highest BCUT2D eigenvalue weighted by Crippen LogP contribution is 2.19. The molecule has 2 rings (SSSR count). The summed E-state index contributed by atoms with van der Waals surface area (Å²) in [5.41, 5.74) is 1.24. The molecule has 18 heavy (non-hydrogen) atoms. The molecule has 1 aliphatic rings. The van der Waals surface area contributed by atoms with Gasteiger partial charge in [-0.25, -0.2) is 0 Å². The molecule has 0 saturated carbocycles. The lowest BCUT2D eigenvalue weighted by molar-refractivity contribution is 0.258. The standard InChI is InChI=1S/C15H21N3/c1-3-9-18-13-15(10-16-18)12-17(2)11-14-7-5-4-6-8-14/h1,4-5,10,13-14H,6-9,11-12H2,2H3. The summed E-state index contributed by atoms with van der Waals surface area (Å²) < 4.78 is 1.81. The van der Waals surface area contributed by atoms with Gasteiger partial charge in [0.25, 0.3) is 0 Å². The number of nitrogens with zero attached hydrogens (tertiary/aromatic N) is 3. The van der Waals surface area contributed by atoms with Crippen molar-refractivity contribution < 1.29 is 0 Å². The Morgan fingerprint density at radius 2 is 2.44 bits per heavy atom. The van der Waals surface area contributed by atoms with Gasteiger partial charge in [0.2, 0.25) is 0 Å². The molecule has 0 N–H and O–H groups in total. The molecule has 1 unspecified atom stereocenters. The first-order chi connectivity index (χ1) is 8.78. The average Bonchev–Trinajstić information content (AvgIpc) is 2.78. The number of terminal acetylenes is 1. The third-order valence-electron chi connectivity index (χ3n) is 3.34. The molecule has 0 fully saturated rings. The van der Waals surface area contributed by atoms with Crippen LogP contribution in [0.2, 0.25) is 0 Å². The van der Waals surface area contributed by atoms with Crippen molar-refractivity contribution in [3.63, 3.8) is 0 Å². The molecule has 0 bridgehead atoms. The second-order valence-electron chi connectivity index (χ2n) is 5.10. The van der Waals surface area contributed by atoms with E-state index in [0.29, 0.717) is 6.54 Å². The number of hydrogen-bond acceptors (Lipinski definition) is 2. The third kappa shape index (κ3) is 3.75. The maximum absolute atomic E-state index is 5.27. The molecular formula is C15H21N3. The highest BCUT2D eigenvalue weighted by Gasteiger charge is 2.13. The van der Waals surface area contributed by atoms with Gasteiger partial charge in [0.05, 0.1) is 6.20 Å². The molecular weight excluding hydrogens is 222 g/mol. The van der Waals surface area contributed by atoms with E-state index in [1.165, 1.54) is 24.8 Å². The van der Waals surface area contributed by atoms with Crippen molar-refractivity contribution in [1.82, 2.24) is 14.7 Å². The Hall–Kier alpha value is -1.53. The van der Waals surface area contributed by atoms with Crippen molar-refractivity contribution in [1.29, 1.82) is 0 Å². The van der Waals surface area contributed by atoms with Crippen LogP contribution in [0.4, 0.5) is 0 Å². The highest BCUT2D eigenvalue weighted by atomic mass is 15.3. The first-order valence-corrected chi connectivity index (χ1v) is 6.56. The van der Waals surface area contributed by atoms with Gasteiger partial charge in [-0.05, 0) is 32.2 Å². The van der Waals surface area contributed by atoms with E-state index in [9.17, 15) is 0 Å². The topological polar surface area (TPSA) is 21.1 Å². The van der Waals surface area contributed by atoms with Crippen LogP contribution in [-0.4, -0.2) is 28.3 Å². The second kappa shape index (κ2) is 6.42. The van der Waals surface area contributed by atoms with E-state index in [4.69, 9.17) is 6.42 Å². The zero-order valence-corrected chi connectivity index (χ0v) is 11.0. The number of hydrogen-bond donors (Lipinski definition) is 0. The highest BCUT2D eigenvalue weighted by molar-refractivity contribution is 5.04. The molecule has 1 aliphatic carbocycles. The van der Waals surface area contributed by atoms with Gasteiger partial charge in [-0.15, -0.1) is 6.42 Å². The zero-order chi connectivity index (χ0) is 12.8. The number of rotatable bonds is 5. The van der Waals surface area contributed by atoms with E-state index < -0.39 is 0 Å². The molecule has 0 saturated heterocycles. The van der Waals surface area contributed by atoms with Gasteiger partial charge in [-0.1, -0.05) is 18.1 Å². The monoisotopic (exact) mass is 243 g/mol. The lowest BCUT2D eigenvalue weighted by atomic mass is 9.94. The lowest BCUT2D eigenvalue weighted by Gasteiger charge is -2.24. The second-order valence-corrected chi connectivity index (χ2v) is 5.10. The van der Waals surface area contributed by atoms with E-state index in [1.807, 2.05) is 17.1 Å². The molecule has 1 atom stereocenters. The maximum Gasteiger partial charge on any atom is 0.101 e. The fraction of sp³-hybridized carbons (Fsp3) is 0.533. The first kappa shape index (κ1) is 12.9. The summed E-state index contributed by atoms with van der Waals surface area (Å²) in [6, 6.07) is 0. The quantitative estimate of drug-likeness (QED) is 0.584. The number of aromatic nitrogens is 2. The molecule has 1 aromatic heterocycles. The number of allylic oxidation sites excluding steroid dienone is 2. The molecule has 3 heteroatoms. The molecule has 0 radical (unpaired) electrons. The van der Waals surface area contributed by atoms with Crippen molar-refractivity contribution in [3.05, 3.63) is 30.1 Å². The summed E-state index contributed by atoms with van der Waals surface area (Å²) >= 11 is 0. The van der Waals surface area contributed by atoms with Crippen LogP contribution in [0, 0.1) is 18.3 Å². The van der Waals surface area contributed by atoms with E-state index >= 15 is 0 Å². The van der Waals surface area contributed by atoms with Crippen LogP contribution in [0.15, 0.2) is 24.5 Å². The molecule has 0 aliphatic heterocycles. The summed E-state index contributed by atoms with van der Waals surface area (Å²) in [5, 5.41) is 4.24. The summed E-state index contributed by atoms with van der Waals surface area (Å²) in [6.07, 6.45) is 17.6. The van der Waals surface area contributed by atoms with Gasteiger partial charge < -0.3 is 4.90 Å². The zero-order valence-electron chi connectivity index (χ0n) is 11.0. The lowest BCUT2D eigenvalue weighted by Crippen LogP contribution is -2.25. The predicted octanol–water partition coefficient (Wildman–Crippen LogP) is 2.30. The van der Waals surface area contributed by atoms with Crippen molar-refractivity contribution in [2.24, 2.45) is 5.92 Å². The molecule has 0 amide bonds. The largest absolute Gasteiger partial charge is 0.302 e. The summed E-state index contributed by atoms with van der Waals surface area (Å²) in [5.74, 6) is 3.40. The summed E-state index contributed by atoms with van der Waals surface area (Å²) in [6.45, 7) is 2.66. The predicted molar refractivity (Wildman–Crippen MR) is 73.9 cm³/mol. The van der Waals surface area contributed by atoms with Gasteiger partial charge in [-0.2, -0.15) is 5.10 Å². The molecule has 1 aromatic rings. The van der Waals surface area contributed by atoms with Gasteiger partial charge >= 0.3 is 0 Å². The van der Waals surface area contributed by atoms with Crippen LogP contribution in [0.25, 0.3) is 0 Å². The Kier molecular flexibility index (Phi) is 4.60. The summed E-state index contributed by atoms with van der Waals surface area (Å²) in [7, 11) is 2.18. The SMILES string of the molecule is C#CCn1cc(CN(C)CC2CC=CCC2)cn1. The third-order valence-corrected chi connectivity index (χ3v) is 3.34. The van der Waals surface area contributed by atoms with Crippen molar-refractivity contribution in [2.75, 3.05) is 13.6 Å². The summed E-state index contributed by atoms with van der Waals surface area (Å²) in [4.78, 5) is 2.38. The first-order valence-electron chi connectivity index (χ1n) is 6.56. The van der Waals surface area contributed by atoms with Crippen molar-refractivity contribution >= 4 is 0 Å². The van der Waals surface area contributed by atoms with Crippen LogP contribution in [-0.2, 0) is 13.1 Å². The minimum absolute atomic E-state index is 0.553. The van der Waals surface area contributed by atoms with Crippen LogP contribution < -0.4 is 0 Å². The normalized spacial score (nSPS) is 19.1. The molecule has 3 nitrogen and oxygen atoms in total. The van der Waals surface area contributed by atoms with Crippen LogP contribution in [0.3, 0.4) is 0 Å². The average molecular weight is 243 g/mol. The van der Waals surface area contributed by atoms with E-state index in [-0.39, 0.29) is 0 Å². The molecule has 1 heterocycles. The fourth-order valence-corrected chi connectivity index (χ4v) is 2.51. The maximum atomic E-state index is 5.27. The van der Waals surface area contributed by atoms with Gasteiger partial charge in [0.1, 0.15) is 6.54 Å². The Bertz CT molecular complexity index is 439. The van der Waals surface area contributed by atoms with Crippen molar-refractivity contribution in [2.45, 2.75) is 32.4 Å². The molecule has 0 aromatic carbocycles. The van der Waals surface area contributed by atoms with Crippen LogP contribution in [0.1, 0.15) is 24.8 Å². The molecule has 0 spiro atoms.